The quantitative estimate of drug-likeness (QED) is 0.823. The number of rotatable bonds is 2. The molecule has 108 valence electrons. The van der Waals surface area contributed by atoms with Crippen molar-refractivity contribution in [1.82, 2.24) is 5.01 Å². The second kappa shape index (κ2) is 5.48. The summed E-state index contributed by atoms with van der Waals surface area (Å²) in [5.74, 6) is 1.53. The molecule has 1 amide bonds. The van der Waals surface area contributed by atoms with Crippen molar-refractivity contribution in [2.24, 2.45) is 5.10 Å². The average molecular weight is 347 g/mol. The Bertz CT molecular complexity index is 703. The highest BCUT2D eigenvalue weighted by Gasteiger charge is 2.33. The number of carbonyl (C=O) groups is 1. The summed E-state index contributed by atoms with van der Waals surface area (Å²) in [4.78, 5) is 11.8. The molecular formula is C16H15BrN2O2. The molecule has 0 fully saturated rings. The van der Waals surface area contributed by atoms with E-state index in [0.29, 0.717) is 6.42 Å². The number of amides is 1. The Kier molecular flexibility index (Phi) is 3.68. The van der Waals surface area contributed by atoms with Gasteiger partial charge < -0.3 is 4.42 Å². The van der Waals surface area contributed by atoms with E-state index in [-0.39, 0.29) is 11.9 Å². The number of aryl methyl sites for hydroxylation is 1. The van der Waals surface area contributed by atoms with Crippen LogP contribution in [-0.2, 0) is 4.79 Å². The van der Waals surface area contributed by atoms with Crippen LogP contribution < -0.4 is 0 Å². The minimum Gasteiger partial charge on any atom is -0.464 e. The molecule has 0 saturated heterocycles. The van der Waals surface area contributed by atoms with Crippen LogP contribution in [0.15, 0.2) is 50.4 Å². The van der Waals surface area contributed by atoms with Gasteiger partial charge in [0.25, 0.3) is 0 Å². The molecule has 21 heavy (non-hydrogen) atoms. The molecule has 1 atom stereocenters. The number of hydrogen-bond acceptors (Lipinski definition) is 3. The number of halogens is 1. The molecule has 1 aliphatic rings. The van der Waals surface area contributed by atoms with E-state index in [1.165, 1.54) is 11.9 Å². The van der Waals surface area contributed by atoms with Crippen LogP contribution in [0.25, 0.3) is 0 Å². The topological polar surface area (TPSA) is 45.8 Å². The Morgan fingerprint density at radius 2 is 2.00 bits per heavy atom. The van der Waals surface area contributed by atoms with Crippen molar-refractivity contribution in [3.05, 3.63) is 58.0 Å². The standard InChI is InChI=1S/C16H15BrN2O2/c1-10-3-8-16(21-10)15-9-14(18-19(15)11(2)20)12-4-6-13(17)7-5-12/h3-8,15H,9H2,1-2H3/t15-/m1/s1. The van der Waals surface area contributed by atoms with Crippen LogP contribution in [-0.4, -0.2) is 16.6 Å². The molecule has 0 saturated carbocycles. The molecule has 4 nitrogen and oxygen atoms in total. The number of hydrogen-bond donors (Lipinski definition) is 0. The van der Waals surface area contributed by atoms with Gasteiger partial charge >= 0.3 is 0 Å². The molecule has 0 N–H and O–H groups in total. The lowest BCUT2D eigenvalue weighted by Gasteiger charge is -2.17. The monoisotopic (exact) mass is 346 g/mol. The van der Waals surface area contributed by atoms with Gasteiger partial charge in [0.05, 0.1) is 5.71 Å². The van der Waals surface area contributed by atoms with Crippen LogP contribution in [0.5, 0.6) is 0 Å². The highest BCUT2D eigenvalue weighted by Crippen LogP contribution is 2.33. The molecule has 1 aromatic carbocycles. The maximum atomic E-state index is 11.8. The lowest BCUT2D eigenvalue weighted by molar-refractivity contribution is -0.130. The Labute approximate surface area is 131 Å². The first-order valence-corrected chi connectivity index (χ1v) is 7.53. The fraction of sp³-hybridized carbons (Fsp3) is 0.250. The SMILES string of the molecule is CC(=O)N1N=C(c2ccc(Br)cc2)C[C@@H]1c1ccc(C)o1. The first kappa shape index (κ1) is 14.1. The van der Waals surface area contributed by atoms with Gasteiger partial charge in [-0.3, -0.25) is 4.79 Å². The van der Waals surface area contributed by atoms with E-state index < -0.39 is 0 Å². The van der Waals surface area contributed by atoms with Gasteiger partial charge in [0, 0.05) is 17.8 Å². The van der Waals surface area contributed by atoms with E-state index in [1.807, 2.05) is 43.3 Å². The van der Waals surface area contributed by atoms with Gasteiger partial charge in [-0.25, -0.2) is 5.01 Å². The lowest BCUT2D eigenvalue weighted by atomic mass is 10.0. The molecule has 0 radical (unpaired) electrons. The molecule has 2 aromatic rings. The second-order valence-corrected chi connectivity index (χ2v) is 6.00. The summed E-state index contributed by atoms with van der Waals surface area (Å²) in [6.45, 7) is 3.42. The fourth-order valence-electron chi connectivity index (χ4n) is 2.47. The summed E-state index contributed by atoms with van der Waals surface area (Å²) < 4.78 is 6.70. The zero-order chi connectivity index (χ0) is 15.0. The van der Waals surface area contributed by atoms with Gasteiger partial charge in [-0.05, 0) is 36.8 Å². The van der Waals surface area contributed by atoms with Crippen molar-refractivity contribution >= 4 is 27.5 Å². The molecule has 3 rings (SSSR count). The predicted octanol–water partition coefficient (Wildman–Crippen LogP) is 4.05. The van der Waals surface area contributed by atoms with Crippen molar-refractivity contribution in [3.8, 4) is 0 Å². The second-order valence-electron chi connectivity index (χ2n) is 5.09. The van der Waals surface area contributed by atoms with Crippen molar-refractivity contribution in [2.75, 3.05) is 0 Å². The zero-order valence-corrected chi connectivity index (χ0v) is 13.4. The van der Waals surface area contributed by atoms with Crippen LogP contribution in [0.1, 0.15) is 36.5 Å². The van der Waals surface area contributed by atoms with Crippen LogP contribution >= 0.6 is 15.9 Å². The van der Waals surface area contributed by atoms with E-state index in [9.17, 15) is 4.79 Å². The van der Waals surface area contributed by atoms with Gasteiger partial charge in [-0.2, -0.15) is 5.10 Å². The van der Waals surface area contributed by atoms with Crippen molar-refractivity contribution in [2.45, 2.75) is 26.3 Å². The highest BCUT2D eigenvalue weighted by atomic mass is 79.9. The van der Waals surface area contributed by atoms with Crippen molar-refractivity contribution < 1.29 is 9.21 Å². The normalized spacial score (nSPS) is 18.0. The summed E-state index contributed by atoms with van der Waals surface area (Å²) in [7, 11) is 0. The summed E-state index contributed by atoms with van der Waals surface area (Å²) in [6, 6.07) is 11.6. The van der Waals surface area contributed by atoms with Crippen LogP contribution in [0.4, 0.5) is 0 Å². The molecule has 0 spiro atoms. The molecule has 0 aliphatic carbocycles. The van der Waals surface area contributed by atoms with Gasteiger partial charge in [0.2, 0.25) is 5.91 Å². The Morgan fingerprint density at radius 1 is 1.29 bits per heavy atom. The van der Waals surface area contributed by atoms with Crippen molar-refractivity contribution in [1.29, 1.82) is 0 Å². The number of benzene rings is 1. The lowest BCUT2D eigenvalue weighted by Crippen LogP contribution is -2.23. The number of carbonyl (C=O) groups excluding carboxylic acids is 1. The van der Waals surface area contributed by atoms with Gasteiger partial charge in [-0.1, -0.05) is 28.1 Å². The molecule has 1 aliphatic heterocycles. The summed E-state index contributed by atoms with van der Waals surface area (Å²) in [5.41, 5.74) is 1.92. The van der Waals surface area contributed by atoms with E-state index in [2.05, 4.69) is 21.0 Å². The molecule has 5 heteroatoms. The molecule has 2 heterocycles. The zero-order valence-electron chi connectivity index (χ0n) is 11.8. The third kappa shape index (κ3) is 2.78. The van der Waals surface area contributed by atoms with Gasteiger partial charge in [0.15, 0.2) is 0 Å². The molecule has 1 aromatic heterocycles. The minimum absolute atomic E-state index is 0.0823. The number of furan rings is 1. The maximum absolute atomic E-state index is 11.8. The average Bonchev–Trinajstić information content (AvgIpc) is 3.05. The number of nitrogens with zero attached hydrogens (tertiary/aromatic N) is 2. The number of hydrazone groups is 1. The molecular weight excluding hydrogens is 332 g/mol. The summed E-state index contributed by atoms with van der Waals surface area (Å²) >= 11 is 3.42. The largest absolute Gasteiger partial charge is 0.464 e. The summed E-state index contributed by atoms with van der Waals surface area (Å²) in [5, 5.41) is 5.99. The van der Waals surface area contributed by atoms with Gasteiger partial charge in [-0.15, -0.1) is 0 Å². The Balaban J connectivity index is 1.92. The van der Waals surface area contributed by atoms with E-state index in [0.717, 1.165) is 27.3 Å². The highest BCUT2D eigenvalue weighted by molar-refractivity contribution is 9.10. The van der Waals surface area contributed by atoms with E-state index in [1.54, 1.807) is 0 Å². The van der Waals surface area contributed by atoms with Crippen LogP contribution in [0.3, 0.4) is 0 Å². The van der Waals surface area contributed by atoms with Gasteiger partial charge in [0.1, 0.15) is 17.6 Å². The first-order chi connectivity index (χ1) is 10.0. The third-order valence-corrected chi connectivity index (χ3v) is 4.03. The minimum atomic E-state index is -0.158. The molecule has 0 unspecified atom stereocenters. The van der Waals surface area contributed by atoms with E-state index >= 15 is 0 Å². The smallest absolute Gasteiger partial charge is 0.240 e. The molecule has 0 bridgehead atoms. The third-order valence-electron chi connectivity index (χ3n) is 3.50. The Hall–Kier alpha value is -1.88. The van der Waals surface area contributed by atoms with Crippen LogP contribution in [0, 0.1) is 6.92 Å². The predicted molar refractivity (Wildman–Crippen MR) is 84.0 cm³/mol. The maximum Gasteiger partial charge on any atom is 0.240 e. The first-order valence-electron chi connectivity index (χ1n) is 6.74. The Morgan fingerprint density at radius 3 is 2.57 bits per heavy atom. The van der Waals surface area contributed by atoms with Crippen LogP contribution in [0.2, 0.25) is 0 Å². The van der Waals surface area contributed by atoms with E-state index in [4.69, 9.17) is 4.42 Å². The fourth-order valence-corrected chi connectivity index (χ4v) is 2.74. The van der Waals surface area contributed by atoms with Crippen molar-refractivity contribution in [3.63, 3.8) is 0 Å². The summed E-state index contributed by atoms with van der Waals surface area (Å²) in [6.07, 6.45) is 0.661.